The van der Waals surface area contributed by atoms with E-state index >= 15 is 0 Å². The Labute approximate surface area is 89.6 Å². The second-order valence-corrected chi connectivity index (χ2v) is 6.91. The summed E-state index contributed by atoms with van der Waals surface area (Å²) >= 11 is 2.68. The fourth-order valence-electron chi connectivity index (χ4n) is 3.05. The van der Waals surface area contributed by atoms with Gasteiger partial charge in [-0.2, -0.15) is 0 Å². The Hall–Kier alpha value is 0.730. The molecule has 2 fully saturated rings. The van der Waals surface area contributed by atoms with Crippen molar-refractivity contribution >= 4 is 22.6 Å². The summed E-state index contributed by atoms with van der Waals surface area (Å²) < 4.78 is 0.976. The lowest BCUT2D eigenvalue weighted by molar-refractivity contribution is 0.380. The first kappa shape index (κ1) is 9.29. The van der Waals surface area contributed by atoms with Gasteiger partial charge < -0.3 is 0 Å². The van der Waals surface area contributed by atoms with Crippen molar-refractivity contribution in [2.75, 3.05) is 0 Å². The van der Waals surface area contributed by atoms with E-state index in [-0.39, 0.29) is 0 Å². The number of halogens is 1. The minimum absolute atomic E-state index is 0.764. The van der Waals surface area contributed by atoms with Crippen molar-refractivity contribution in [2.45, 2.75) is 44.0 Å². The van der Waals surface area contributed by atoms with E-state index in [1.807, 2.05) is 0 Å². The van der Waals surface area contributed by atoms with Crippen molar-refractivity contribution in [3.63, 3.8) is 0 Å². The average Bonchev–Trinajstić information content (AvgIpc) is 2.55. The lowest BCUT2D eigenvalue weighted by Crippen LogP contribution is -2.07. The molecule has 0 saturated heterocycles. The Bertz CT molecular complexity index is 185. The van der Waals surface area contributed by atoms with E-state index in [2.05, 4.69) is 43.4 Å². The lowest BCUT2D eigenvalue weighted by atomic mass is 9.93. The van der Waals surface area contributed by atoms with Crippen molar-refractivity contribution < 1.29 is 0 Å². The molecule has 2 aliphatic rings. The van der Waals surface area contributed by atoms with E-state index in [0.717, 1.165) is 27.1 Å². The van der Waals surface area contributed by atoms with Crippen LogP contribution >= 0.6 is 22.6 Å². The predicted molar refractivity (Wildman–Crippen MR) is 61.6 cm³/mol. The van der Waals surface area contributed by atoms with Crippen LogP contribution in [0.2, 0.25) is 0 Å². The first-order valence-corrected chi connectivity index (χ1v) is 6.42. The van der Waals surface area contributed by atoms with Gasteiger partial charge in [-0.05, 0) is 42.4 Å². The van der Waals surface area contributed by atoms with Gasteiger partial charge in [0.15, 0.2) is 0 Å². The van der Waals surface area contributed by atoms with Gasteiger partial charge in [0.2, 0.25) is 0 Å². The molecule has 3 unspecified atom stereocenters. The molecule has 0 amide bonds. The summed E-state index contributed by atoms with van der Waals surface area (Å²) in [7, 11) is 0. The molecular weight excluding hydrogens is 259 g/mol. The number of hydrogen-bond donors (Lipinski definition) is 0. The summed E-state index contributed by atoms with van der Waals surface area (Å²) in [6.45, 7) is 7.22. The molecule has 0 nitrogen and oxygen atoms in total. The zero-order valence-electron chi connectivity index (χ0n) is 8.31. The summed E-state index contributed by atoms with van der Waals surface area (Å²) in [4.78, 5) is 0. The van der Waals surface area contributed by atoms with Crippen LogP contribution < -0.4 is 0 Å². The van der Waals surface area contributed by atoms with Crippen LogP contribution in [0.3, 0.4) is 0 Å². The Morgan fingerprint density at radius 2 is 2.17 bits per heavy atom. The summed E-state index contributed by atoms with van der Waals surface area (Å²) in [5.74, 6) is 3.07. The van der Waals surface area contributed by atoms with E-state index in [0.29, 0.717) is 0 Å². The molecular formula is C11H19I. The molecule has 0 aliphatic heterocycles. The van der Waals surface area contributed by atoms with Crippen LogP contribution in [0.5, 0.6) is 0 Å². The molecule has 0 spiro atoms. The van der Waals surface area contributed by atoms with Gasteiger partial charge in [-0.3, -0.25) is 0 Å². The van der Waals surface area contributed by atoms with Crippen LogP contribution in [0.25, 0.3) is 0 Å². The first-order chi connectivity index (χ1) is 5.54. The molecule has 0 aromatic carbocycles. The molecule has 0 aromatic rings. The van der Waals surface area contributed by atoms with E-state index in [1.54, 1.807) is 0 Å². The minimum Gasteiger partial charge on any atom is -0.0820 e. The zero-order chi connectivity index (χ0) is 8.93. The molecule has 2 aliphatic carbocycles. The van der Waals surface area contributed by atoms with Gasteiger partial charge in [0, 0.05) is 3.92 Å². The van der Waals surface area contributed by atoms with Gasteiger partial charge in [0.05, 0.1) is 0 Å². The normalized spacial score (nSPS) is 51.2. The summed E-state index contributed by atoms with van der Waals surface area (Å²) in [6, 6.07) is 0. The third-order valence-corrected chi connectivity index (χ3v) is 5.85. The average molecular weight is 278 g/mol. The maximum atomic E-state index is 2.68. The van der Waals surface area contributed by atoms with Crippen LogP contribution in [0.1, 0.15) is 40.0 Å². The third kappa shape index (κ3) is 1.32. The number of fused-ring (bicyclic) bond motifs is 1. The summed E-state index contributed by atoms with van der Waals surface area (Å²) in [5.41, 5.74) is 0.764. The fraction of sp³-hybridized carbons (Fsp3) is 1.00. The summed E-state index contributed by atoms with van der Waals surface area (Å²) in [6.07, 6.45) is 4.50. The standard InChI is InChI=1S/C11H19I/c1-7(2)4-8-5-10(12)11(3)6-9(8)11/h7-10H,4-6H2,1-3H3/t8?,9?,10-,11?/m1/s1. The maximum Gasteiger partial charge on any atom is 0.0169 e. The topological polar surface area (TPSA) is 0 Å². The second kappa shape index (κ2) is 2.86. The van der Waals surface area contributed by atoms with Crippen molar-refractivity contribution in [3.05, 3.63) is 0 Å². The highest BCUT2D eigenvalue weighted by Crippen LogP contribution is 2.68. The molecule has 0 heterocycles. The molecule has 0 N–H and O–H groups in total. The Balaban J connectivity index is 1.96. The van der Waals surface area contributed by atoms with Gasteiger partial charge in [-0.15, -0.1) is 0 Å². The predicted octanol–water partition coefficient (Wildman–Crippen LogP) is 3.88. The highest BCUT2D eigenvalue weighted by molar-refractivity contribution is 14.1. The number of rotatable bonds is 2. The quantitative estimate of drug-likeness (QED) is 0.531. The molecule has 4 atom stereocenters. The van der Waals surface area contributed by atoms with Crippen LogP contribution in [0.4, 0.5) is 0 Å². The van der Waals surface area contributed by atoms with Gasteiger partial charge in [-0.25, -0.2) is 0 Å². The lowest BCUT2D eigenvalue weighted by Gasteiger charge is -2.15. The van der Waals surface area contributed by atoms with Crippen LogP contribution in [0, 0.1) is 23.2 Å². The second-order valence-electron chi connectivity index (χ2n) is 5.41. The van der Waals surface area contributed by atoms with Crippen molar-refractivity contribution in [2.24, 2.45) is 23.2 Å². The van der Waals surface area contributed by atoms with Crippen LogP contribution in [-0.2, 0) is 0 Å². The van der Waals surface area contributed by atoms with Crippen molar-refractivity contribution in [1.82, 2.24) is 0 Å². The van der Waals surface area contributed by atoms with Crippen molar-refractivity contribution in [1.29, 1.82) is 0 Å². The Kier molecular flexibility index (Phi) is 2.21. The van der Waals surface area contributed by atoms with Gasteiger partial charge in [0.1, 0.15) is 0 Å². The zero-order valence-corrected chi connectivity index (χ0v) is 10.5. The van der Waals surface area contributed by atoms with E-state index in [4.69, 9.17) is 0 Å². The first-order valence-electron chi connectivity index (χ1n) is 5.18. The molecule has 70 valence electrons. The Morgan fingerprint density at radius 3 is 2.50 bits per heavy atom. The third-order valence-electron chi connectivity index (χ3n) is 3.92. The summed E-state index contributed by atoms with van der Waals surface area (Å²) in [5, 5.41) is 0. The van der Waals surface area contributed by atoms with E-state index < -0.39 is 0 Å². The monoisotopic (exact) mass is 278 g/mol. The van der Waals surface area contributed by atoms with Crippen LogP contribution in [0.15, 0.2) is 0 Å². The molecule has 2 saturated carbocycles. The Morgan fingerprint density at radius 1 is 1.50 bits per heavy atom. The van der Waals surface area contributed by atoms with E-state index in [1.165, 1.54) is 19.3 Å². The van der Waals surface area contributed by atoms with Crippen molar-refractivity contribution in [3.8, 4) is 0 Å². The molecule has 12 heavy (non-hydrogen) atoms. The molecule has 1 heteroatoms. The SMILES string of the molecule is CC(C)CC1C[C@@H](I)C2(C)CC12. The highest BCUT2D eigenvalue weighted by Gasteiger charge is 2.62. The van der Waals surface area contributed by atoms with Gasteiger partial charge in [0.25, 0.3) is 0 Å². The maximum absolute atomic E-state index is 2.68. The molecule has 2 rings (SSSR count). The molecule has 0 aromatic heterocycles. The number of alkyl halides is 1. The van der Waals surface area contributed by atoms with E-state index in [9.17, 15) is 0 Å². The minimum atomic E-state index is 0.764. The highest BCUT2D eigenvalue weighted by atomic mass is 127. The largest absolute Gasteiger partial charge is 0.0820 e. The smallest absolute Gasteiger partial charge is 0.0169 e. The number of hydrogen-bond acceptors (Lipinski definition) is 0. The van der Waals surface area contributed by atoms with Gasteiger partial charge >= 0.3 is 0 Å². The van der Waals surface area contributed by atoms with Crippen LogP contribution in [-0.4, -0.2) is 3.92 Å². The van der Waals surface area contributed by atoms with Gasteiger partial charge in [-0.1, -0.05) is 43.4 Å². The fourth-order valence-corrected chi connectivity index (χ4v) is 4.41. The molecule has 0 radical (unpaired) electrons. The molecule has 0 bridgehead atoms.